The van der Waals surface area contributed by atoms with Crippen molar-refractivity contribution in [3.63, 3.8) is 0 Å². The van der Waals surface area contributed by atoms with Crippen LogP contribution in [0.25, 0.3) is 44.4 Å². The number of hydrogen-bond donors (Lipinski definition) is 5. The molecule has 4 aromatic carbocycles. The van der Waals surface area contributed by atoms with E-state index in [1.165, 1.54) is 0 Å². The molecular weight excluding hydrogens is 983 g/mol. The first kappa shape index (κ1) is 51.9. The van der Waals surface area contributed by atoms with Crippen LogP contribution in [0.5, 0.6) is 0 Å². The molecule has 18 nitrogen and oxygen atoms in total. The molecule has 10 rings (SSSR count). The smallest absolute Gasteiger partial charge is 0.410 e. The summed E-state index contributed by atoms with van der Waals surface area (Å²) in [7, 11) is 2.02. The van der Waals surface area contributed by atoms with Crippen molar-refractivity contribution in [2.45, 2.75) is 75.2 Å². The van der Waals surface area contributed by atoms with Crippen molar-refractivity contribution in [2.75, 3.05) is 53.7 Å². The number of carbonyl (C=O) groups is 5. The van der Waals surface area contributed by atoms with Crippen LogP contribution in [-0.2, 0) is 39.9 Å². The van der Waals surface area contributed by atoms with Gasteiger partial charge in [-0.25, -0.2) is 33.1 Å². The number of methoxy groups -OCH3 is 2. The number of fused-ring (bicyclic) bond motifs is 1. The average Bonchev–Trinajstić information content (AvgIpc) is 4.34. The second kappa shape index (κ2) is 22.0. The van der Waals surface area contributed by atoms with E-state index in [9.17, 15) is 14.4 Å². The van der Waals surface area contributed by atoms with Crippen molar-refractivity contribution in [2.24, 2.45) is 17.3 Å². The predicted octanol–water partition coefficient (Wildman–Crippen LogP) is 8.82. The van der Waals surface area contributed by atoms with E-state index in [1.54, 1.807) is 17.3 Å². The Labute approximate surface area is 437 Å². The molecule has 0 spiro atoms. The fraction of sp³-hybridized carbons (Fsp3) is 0.411. The van der Waals surface area contributed by atoms with Crippen LogP contribution in [0.2, 0.25) is 0 Å². The number of imidazole rings is 2. The molecule has 3 amide bonds. The van der Waals surface area contributed by atoms with E-state index in [2.05, 4.69) is 61.2 Å². The number of nitrogens with zero attached hydrogens (tertiary/aromatic N) is 3. The zero-order chi connectivity index (χ0) is 53.0. The Morgan fingerprint density at radius 3 is 1.82 bits per heavy atom. The zero-order valence-corrected chi connectivity index (χ0v) is 42.2. The van der Waals surface area contributed by atoms with Crippen LogP contribution in [-0.4, -0.2) is 120 Å². The number of nitrogens with one attached hydrogen (secondary N) is 5. The van der Waals surface area contributed by atoms with E-state index in [4.69, 9.17) is 28.7 Å². The van der Waals surface area contributed by atoms with Crippen molar-refractivity contribution < 1.29 is 56.4 Å². The SMILES string of the molecule is COC(=O)NC(F)(C(=O)C1(C(=O)C(F)(NC(=O)OC)C2CCOCC2)CNC(c2ncc(-c3ccc(-c4ccc5cc(-c6cnc(C7CCCN7C(=O)OCc7ccccc7)[nH]6)ccc5c4)cc3)[nH]2)C1)C1CCOCC1. The third-order valence-electron chi connectivity index (χ3n) is 15.4. The molecule has 4 aliphatic heterocycles. The Kier molecular flexibility index (Phi) is 15.0. The Hall–Kier alpha value is -7.55. The number of alkyl halides is 2. The number of H-pyrrole nitrogens is 2. The molecule has 4 saturated heterocycles. The lowest BCUT2D eigenvalue weighted by Gasteiger charge is -2.43. The molecule has 0 bridgehead atoms. The Bertz CT molecular complexity index is 3030. The minimum Gasteiger partial charge on any atom is -0.453 e. The van der Waals surface area contributed by atoms with Gasteiger partial charge >= 0.3 is 18.3 Å². The lowest BCUT2D eigenvalue weighted by molar-refractivity contribution is -0.164. The second-order valence-corrected chi connectivity index (χ2v) is 19.9. The summed E-state index contributed by atoms with van der Waals surface area (Å²) in [5, 5.41) is 9.34. The quantitative estimate of drug-likeness (QED) is 0.0368. The molecule has 0 radical (unpaired) electrons. The molecular formula is C56H60F2N8O10. The molecule has 398 valence electrons. The number of Topliss-reactive ketones (excluding diaryl/α,β-unsaturated/α-hetero) is 2. The molecule has 6 heterocycles. The minimum atomic E-state index is -3.21. The van der Waals surface area contributed by atoms with Gasteiger partial charge in [-0.2, -0.15) is 0 Å². The highest BCUT2D eigenvalue weighted by Crippen LogP contribution is 2.48. The zero-order valence-electron chi connectivity index (χ0n) is 42.2. The maximum Gasteiger partial charge on any atom is 0.410 e. The largest absolute Gasteiger partial charge is 0.453 e. The average molecular weight is 1040 g/mol. The number of aromatic amines is 2. The highest BCUT2D eigenvalue weighted by atomic mass is 19.2. The highest BCUT2D eigenvalue weighted by Gasteiger charge is 2.67. The van der Waals surface area contributed by atoms with E-state index in [1.807, 2.05) is 60.7 Å². The molecule has 0 aliphatic carbocycles. The van der Waals surface area contributed by atoms with Gasteiger partial charge in [0.25, 0.3) is 0 Å². The Morgan fingerprint density at radius 1 is 0.684 bits per heavy atom. The molecule has 4 fully saturated rings. The van der Waals surface area contributed by atoms with Crippen LogP contribution in [0.3, 0.4) is 0 Å². The van der Waals surface area contributed by atoms with E-state index in [-0.39, 0.29) is 76.7 Å². The first-order valence-electron chi connectivity index (χ1n) is 25.6. The molecule has 2 aromatic heterocycles. The normalized spacial score (nSPS) is 21.8. The van der Waals surface area contributed by atoms with Gasteiger partial charge in [0.2, 0.25) is 23.2 Å². The summed E-state index contributed by atoms with van der Waals surface area (Å²) >= 11 is 0. The highest BCUT2D eigenvalue weighted by molar-refractivity contribution is 6.15. The number of rotatable bonds is 15. The standard InChI is InChI=1S/C56H60F2N8O10/c1-72-51(69)64-55(57,41-18-23-74-24-19-41)49(67)54(50(68)56(58,65-52(70)73-2)42-20-25-75-26-21-42)29-43(61-33-54)47-59-30-44(62-47)36-12-10-35(11-13-36)37-14-15-39-28-40(17-16-38(39)27-37)45-31-60-48(63-45)46-9-6-22-66(46)53(71)76-32-34-7-4-3-5-8-34/h3-5,7-8,10-17,27-28,30-31,41-43,46,61H,6,9,18-26,29,32-33H2,1-2H3,(H,59,62)(H,60,63)(H,64,69)(H,65,70). The first-order valence-corrected chi connectivity index (χ1v) is 25.6. The maximum absolute atomic E-state index is 17.8. The topological polar surface area (TPSA) is 228 Å². The number of amides is 3. The number of alkyl carbamates (subject to hydrolysis) is 2. The van der Waals surface area contributed by atoms with Gasteiger partial charge in [-0.3, -0.25) is 25.1 Å². The number of hydrogen-bond acceptors (Lipinski definition) is 13. The van der Waals surface area contributed by atoms with Crippen molar-refractivity contribution >= 4 is 40.6 Å². The number of ketones is 2. The van der Waals surface area contributed by atoms with Gasteiger partial charge in [0.1, 0.15) is 23.7 Å². The number of benzene rings is 4. The van der Waals surface area contributed by atoms with Crippen LogP contribution < -0.4 is 16.0 Å². The summed E-state index contributed by atoms with van der Waals surface area (Å²) in [6.07, 6.45) is 1.68. The Balaban J connectivity index is 0.858. The van der Waals surface area contributed by atoms with Crippen molar-refractivity contribution in [3.05, 3.63) is 121 Å². The first-order chi connectivity index (χ1) is 36.8. The third-order valence-corrected chi connectivity index (χ3v) is 15.4. The predicted molar refractivity (Wildman–Crippen MR) is 274 cm³/mol. The van der Waals surface area contributed by atoms with Gasteiger partial charge < -0.3 is 39.0 Å². The molecule has 5 N–H and O–H groups in total. The van der Waals surface area contributed by atoms with E-state index >= 15 is 18.4 Å². The molecule has 4 atom stereocenters. The number of ether oxygens (including phenoxy) is 5. The van der Waals surface area contributed by atoms with Crippen LogP contribution in [0.1, 0.15) is 74.2 Å². The Morgan fingerprint density at radius 2 is 1.21 bits per heavy atom. The lowest BCUT2D eigenvalue weighted by Crippen LogP contribution is -2.68. The summed E-state index contributed by atoms with van der Waals surface area (Å²) in [5.74, 6) is -10.5. The molecule has 20 heteroatoms. The van der Waals surface area contributed by atoms with E-state index < -0.39 is 71.6 Å². The van der Waals surface area contributed by atoms with Gasteiger partial charge in [-0.15, -0.1) is 0 Å². The van der Waals surface area contributed by atoms with Crippen LogP contribution in [0, 0.1) is 17.3 Å². The minimum absolute atomic E-state index is 0.00384. The van der Waals surface area contributed by atoms with Crippen LogP contribution in [0.15, 0.2) is 103 Å². The van der Waals surface area contributed by atoms with Crippen LogP contribution in [0.4, 0.5) is 23.2 Å². The van der Waals surface area contributed by atoms with Crippen LogP contribution >= 0.6 is 0 Å². The van der Waals surface area contributed by atoms with Gasteiger partial charge in [-0.1, -0.05) is 78.9 Å². The number of halogens is 2. The lowest BCUT2D eigenvalue weighted by atomic mass is 9.66. The van der Waals surface area contributed by atoms with Gasteiger partial charge in [0.05, 0.1) is 50.1 Å². The summed E-state index contributed by atoms with van der Waals surface area (Å²) in [6, 6.07) is 28.7. The molecule has 6 aromatic rings. The van der Waals surface area contributed by atoms with Gasteiger partial charge in [0.15, 0.2) is 0 Å². The molecule has 4 aliphatic rings. The molecule has 4 unspecified atom stereocenters. The fourth-order valence-corrected chi connectivity index (χ4v) is 11.2. The third kappa shape index (κ3) is 10.3. The number of aromatic nitrogens is 4. The van der Waals surface area contributed by atoms with E-state index in [0.29, 0.717) is 18.1 Å². The summed E-state index contributed by atoms with van der Waals surface area (Å²) in [5.41, 5.74) is 3.53. The summed E-state index contributed by atoms with van der Waals surface area (Å²) < 4.78 is 61.7. The van der Waals surface area contributed by atoms with E-state index in [0.717, 1.165) is 71.3 Å². The maximum atomic E-state index is 17.8. The number of carbonyl (C=O) groups excluding carboxylic acids is 5. The summed E-state index contributed by atoms with van der Waals surface area (Å²) in [6.45, 7) is 0.529. The molecule has 0 saturated carbocycles. The fourth-order valence-electron chi connectivity index (χ4n) is 11.2. The van der Waals surface area contributed by atoms with Gasteiger partial charge in [0, 0.05) is 56.9 Å². The van der Waals surface area contributed by atoms with Crippen molar-refractivity contribution in [3.8, 4) is 33.6 Å². The van der Waals surface area contributed by atoms with Gasteiger partial charge in [-0.05, 0) is 90.1 Å². The molecule has 76 heavy (non-hydrogen) atoms. The van der Waals surface area contributed by atoms with Crippen molar-refractivity contribution in [1.29, 1.82) is 0 Å². The summed E-state index contributed by atoms with van der Waals surface area (Å²) in [4.78, 5) is 86.7. The number of likely N-dealkylation sites (tertiary alicyclic amines) is 1. The second-order valence-electron chi connectivity index (χ2n) is 19.9. The van der Waals surface area contributed by atoms with Crippen molar-refractivity contribution in [1.82, 2.24) is 40.8 Å². The monoisotopic (exact) mass is 1040 g/mol.